The van der Waals surface area contributed by atoms with Gasteiger partial charge in [0, 0.05) is 36.1 Å². The van der Waals surface area contributed by atoms with Crippen molar-refractivity contribution in [2.45, 2.75) is 45.4 Å². The Kier molecular flexibility index (Phi) is 6.65. The van der Waals surface area contributed by atoms with Crippen molar-refractivity contribution in [2.75, 3.05) is 19.6 Å². The zero-order valence-corrected chi connectivity index (χ0v) is 20.5. The SMILES string of the molecule is CCn1c(-c2nc3cc(C(=O)N4CCCC(OC(N)=O)C4)ccc3n2CCCN)cc2ccccc21. The van der Waals surface area contributed by atoms with Gasteiger partial charge in [0.15, 0.2) is 5.82 Å². The number of aromatic nitrogens is 3. The van der Waals surface area contributed by atoms with E-state index < -0.39 is 6.09 Å². The lowest BCUT2D eigenvalue weighted by Gasteiger charge is -2.32. The minimum absolute atomic E-state index is 0.101. The van der Waals surface area contributed by atoms with E-state index in [2.05, 4.69) is 34.3 Å². The summed E-state index contributed by atoms with van der Waals surface area (Å²) in [5.74, 6) is 0.768. The van der Waals surface area contributed by atoms with Crippen molar-refractivity contribution in [3.8, 4) is 11.5 Å². The molecule has 4 N–H and O–H groups in total. The number of hydrogen-bond donors (Lipinski definition) is 2. The van der Waals surface area contributed by atoms with Crippen molar-refractivity contribution in [1.29, 1.82) is 0 Å². The molecule has 0 bridgehead atoms. The predicted octanol–water partition coefficient (Wildman–Crippen LogP) is 3.73. The van der Waals surface area contributed by atoms with Crippen molar-refractivity contribution >= 4 is 33.9 Å². The number of likely N-dealkylation sites (tertiary alicyclic amines) is 1. The molecular formula is C27H32N6O3. The van der Waals surface area contributed by atoms with E-state index in [9.17, 15) is 9.59 Å². The van der Waals surface area contributed by atoms with Crippen LogP contribution in [-0.2, 0) is 17.8 Å². The summed E-state index contributed by atoms with van der Waals surface area (Å²) in [5, 5.41) is 1.17. The first-order chi connectivity index (χ1) is 17.5. The molecule has 2 aromatic carbocycles. The van der Waals surface area contributed by atoms with E-state index in [0.717, 1.165) is 48.5 Å². The Morgan fingerprint density at radius 1 is 1.11 bits per heavy atom. The van der Waals surface area contributed by atoms with Crippen LogP contribution in [0.4, 0.5) is 4.79 Å². The lowest BCUT2D eigenvalue weighted by atomic mass is 10.1. The fourth-order valence-electron chi connectivity index (χ4n) is 5.24. The first-order valence-corrected chi connectivity index (χ1v) is 12.5. The quantitative estimate of drug-likeness (QED) is 0.411. The normalized spacial score (nSPS) is 16.1. The molecule has 5 rings (SSSR count). The highest BCUT2D eigenvalue weighted by Crippen LogP contribution is 2.31. The number of fused-ring (bicyclic) bond motifs is 2. The van der Waals surface area contributed by atoms with Gasteiger partial charge < -0.3 is 30.2 Å². The lowest BCUT2D eigenvalue weighted by Crippen LogP contribution is -2.44. The highest BCUT2D eigenvalue weighted by molar-refractivity contribution is 5.98. The number of nitrogens with two attached hydrogens (primary N) is 2. The molecule has 0 saturated carbocycles. The van der Waals surface area contributed by atoms with Gasteiger partial charge in [-0.25, -0.2) is 9.78 Å². The number of benzene rings is 2. The van der Waals surface area contributed by atoms with Gasteiger partial charge in [-0.15, -0.1) is 0 Å². The maximum atomic E-state index is 13.3. The first kappa shape index (κ1) is 23.9. The molecule has 2 aromatic heterocycles. The molecule has 0 spiro atoms. The molecule has 1 aliphatic rings. The summed E-state index contributed by atoms with van der Waals surface area (Å²) >= 11 is 0. The minimum atomic E-state index is -0.809. The largest absolute Gasteiger partial charge is 0.445 e. The molecular weight excluding hydrogens is 456 g/mol. The number of para-hydroxylation sites is 1. The van der Waals surface area contributed by atoms with E-state index in [1.807, 2.05) is 30.3 Å². The van der Waals surface area contributed by atoms with Crippen LogP contribution in [0.25, 0.3) is 33.5 Å². The Bertz CT molecular complexity index is 1420. The summed E-state index contributed by atoms with van der Waals surface area (Å²) in [5.41, 5.74) is 15.5. The predicted molar refractivity (Wildman–Crippen MR) is 140 cm³/mol. The monoisotopic (exact) mass is 488 g/mol. The molecule has 3 heterocycles. The maximum Gasteiger partial charge on any atom is 0.404 e. The summed E-state index contributed by atoms with van der Waals surface area (Å²) in [4.78, 5) is 31.2. The fraction of sp³-hybridized carbons (Fsp3) is 0.370. The van der Waals surface area contributed by atoms with Crippen LogP contribution in [0.5, 0.6) is 0 Å². The van der Waals surface area contributed by atoms with Gasteiger partial charge in [0.2, 0.25) is 0 Å². The summed E-state index contributed by atoms with van der Waals surface area (Å²) in [7, 11) is 0. The van der Waals surface area contributed by atoms with Crippen LogP contribution in [0.1, 0.15) is 36.5 Å². The molecule has 2 amide bonds. The molecule has 0 radical (unpaired) electrons. The van der Waals surface area contributed by atoms with E-state index in [1.165, 1.54) is 10.9 Å². The molecule has 1 fully saturated rings. The van der Waals surface area contributed by atoms with Gasteiger partial charge in [-0.3, -0.25) is 4.79 Å². The van der Waals surface area contributed by atoms with E-state index >= 15 is 0 Å². The molecule has 188 valence electrons. The van der Waals surface area contributed by atoms with Gasteiger partial charge in [0.25, 0.3) is 5.91 Å². The van der Waals surface area contributed by atoms with Crippen LogP contribution in [0, 0.1) is 0 Å². The fourth-order valence-corrected chi connectivity index (χ4v) is 5.24. The number of primary amides is 1. The van der Waals surface area contributed by atoms with Crippen LogP contribution in [0.15, 0.2) is 48.5 Å². The number of piperidine rings is 1. The highest BCUT2D eigenvalue weighted by Gasteiger charge is 2.27. The van der Waals surface area contributed by atoms with E-state index in [4.69, 9.17) is 21.2 Å². The average molecular weight is 489 g/mol. The summed E-state index contributed by atoms with van der Waals surface area (Å²) in [6.45, 7) is 5.22. The summed E-state index contributed by atoms with van der Waals surface area (Å²) in [6, 6.07) is 16.2. The second-order valence-corrected chi connectivity index (χ2v) is 9.22. The number of hydrogen-bond acceptors (Lipinski definition) is 5. The van der Waals surface area contributed by atoms with Gasteiger partial charge >= 0.3 is 6.09 Å². The van der Waals surface area contributed by atoms with Crippen LogP contribution in [-0.4, -0.2) is 56.8 Å². The second kappa shape index (κ2) is 10.0. The number of carbonyl (C=O) groups is 2. The Hall–Kier alpha value is -3.85. The average Bonchev–Trinajstić information content (AvgIpc) is 3.44. The number of nitrogens with zero attached hydrogens (tertiary/aromatic N) is 4. The number of carbonyl (C=O) groups excluding carboxylic acids is 2. The third-order valence-electron chi connectivity index (χ3n) is 6.89. The minimum Gasteiger partial charge on any atom is -0.445 e. The van der Waals surface area contributed by atoms with Crippen LogP contribution in [0.3, 0.4) is 0 Å². The number of imidazole rings is 1. The number of amides is 2. The molecule has 1 unspecified atom stereocenters. The Labute approximate surface area is 209 Å². The Balaban J connectivity index is 1.54. The third-order valence-corrected chi connectivity index (χ3v) is 6.89. The molecule has 1 saturated heterocycles. The van der Waals surface area contributed by atoms with E-state index in [0.29, 0.717) is 31.6 Å². The Morgan fingerprint density at radius 3 is 2.72 bits per heavy atom. The zero-order chi connectivity index (χ0) is 25.2. The van der Waals surface area contributed by atoms with Gasteiger partial charge in [-0.2, -0.15) is 0 Å². The third kappa shape index (κ3) is 4.42. The first-order valence-electron chi connectivity index (χ1n) is 12.5. The van der Waals surface area contributed by atoms with Gasteiger partial charge in [0.05, 0.1) is 23.3 Å². The smallest absolute Gasteiger partial charge is 0.404 e. The second-order valence-electron chi connectivity index (χ2n) is 9.22. The van der Waals surface area contributed by atoms with Gasteiger partial charge in [-0.05, 0) is 63.1 Å². The summed E-state index contributed by atoms with van der Waals surface area (Å²) in [6.07, 6.45) is 1.09. The van der Waals surface area contributed by atoms with E-state index in [-0.39, 0.29) is 12.0 Å². The lowest BCUT2D eigenvalue weighted by molar-refractivity contribution is 0.0373. The standard InChI is InChI=1S/C27H32N6O3/c1-2-32-22-9-4-3-7-18(22)16-24(32)25-30-21-15-19(10-11-23(21)33(25)14-6-12-28)26(34)31-13-5-8-20(17-31)36-27(29)35/h3-4,7,9-11,15-16,20H,2,5-6,8,12-14,17,28H2,1H3,(H2,29,35). The maximum absolute atomic E-state index is 13.3. The van der Waals surface area contributed by atoms with Crippen LogP contribution < -0.4 is 11.5 Å². The molecule has 36 heavy (non-hydrogen) atoms. The van der Waals surface area contributed by atoms with Crippen molar-refractivity contribution < 1.29 is 14.3 Å². The molecule has 1 aliphatic heterocycles. The van der Waals surface area contributed by atoms with Crippen molar-refractivity contribution in [3.63, 3.8) is 0 Å². The number of aryl methyl sites for hydroxylation is 2. The van der Waals surface area contributed by atoms with E-state index in [1.54, 1.807) is 4.90 Å². The van der Waals surface area contributed by atoms with Gasteiger partial charge in [0.1, 0.15) is 6.10 Å². The molecule has 9 nitrogen and oxygen atoms in total. The number of ether oxygens (including phenoxy) is 1. The van der Waals surface area contributed by atoms with Gasteiger partial charge in [-0.1, -0.05) is 18.2 Å². The topological polar surface area (TPSA) is 121 Å². The van der Waals surface area contributed by atoms with Crippen molar-refractivity contribution in [1.82, 2.24) is 19.0 Å². The summed E-state index contributed by atoms with van der Waals surface area (Å²) < 4.78 is 9.62. The highest BCUT2D eigenvalue weighted by atomic mass is 16.6. The molecule has 0 aliphatic carbocycles. The number of rotatable bonds is 7. The zero-order valence-electron chi connectivity index (χ0n) is 20.5. The van der Waals surface area contributed by atoms with Crippen molar-refractivity contribution in [3.05, 3.63) is 54.1 Å². The van der Waals surface area contributed by atoms with Crippen molar-refractivity contribution in [2.24, 2.45) is 11.5 Å². The molecule has 9 heteroatoms. The Morgan fingerprint density at radius 2 is 1.94 bits per heavy atom. The molecule has 1 atom stereocenters. The van der Waals surface area contributed by atoms with Crippen LogP contribution in [0.2, 0.25) is 0 Å². The van der Waals surface area contributed by atoms with Crippen LogP contribution >= 0.6 is 0 Å². The molecule has 4 aromatic rings.